The van der Waals surface area contributed by atoms with Gasteiger partial charge in [0.1, 0.15) is 0 Å². The molecule has 0 atom stereocenters. The lowest BCUT2D eigenvalue weighted by Crippen LogP contribution is -2.48. The van der Waals surface area contributed by atoms with E-state index in [0.717, 1.165) is 52.5 Å². The number of nitrogens with one attached hydrogen (secondary N) is 1. The van der Waals surface area contributed by atoms with Crippen molar-refractivity contribution in [1.82, 2.24) is 15.2 Å². The van der Waals surface area contributed by atoms with Crippen LogP contribution in [0.5, 0.6) is 0 Å². The SMILES string of the molecule is Cc1ccc2nc(N3CCN(CCNC(=O)c4ccccc4I)CC3)sc2c1.Cl. The minimum atomic E-state index is 0. The first-order valence-corrected chi connectivity index (χ1v) is 11.4. The lowest BCUT2D eigenvalue weighted by molar-refractivity contribution is 0.0947. The molecular weight excluding hydrogens is 519 g/mol. The average molecular weight is 543 g/mol. The van der Waals surface area contributed by atoms with E-state index in [4.69, 9.17) is 4.98 Å². The van der Waals surface area contributed by atoms with Gasteiger partial charge in [-0.15, -0.1) is 12.4 Å². The standard InChI is InChI=1S/C21H23IN4OS.ClH/c1-15-6-7-18-19(14-15)28-21(24-18)26-12-10-25(11-13-26)9-8-23-20(27)16-4-2-3-5-17(16)22;/h2-7,14H,8-13H2,1H3,(H,23,27);1H. The van der Waals surface area contributed by atoms with Crippen LogP contribution in [-0.2, 0) is 0 Å². The van der Waals surface area contributed by atoms with Gasteiger partial charge in [0, 0.05) is 42.8 Å². The Morgan fingerprint density at radius 3 is 2.69 bits per heavy atom. The number of piperazine rings is 1. The summed E-state index contributed by atoms with van der Waals surface area (Å²) in [6.07, 6.45) is 0. The van der Waals surface area contributed by atoms with Crippen molar-refractivity contribution in [3.05, 3.63) is 57.2 Å². The van der Waals surface area contributed by atoms with Gasteiger partial charge in [0.25, 0.3) is 5.91 Å². The molecule has 0 bridgehead atoms. The molecule has 1 aliphatic heterocycles. The summed E-state index contributed by atoms with van der Waals surface area (Å²) in [7, 11) is 0. The highest BCUT2D eigenvalue weighted by Crippen LogP contribution is 2.29. The number of hydrogen-bond acceptors (Lipinski definition) is 5. The largest absolute Gasteiger partial charge is 0.351 e. The molecule has 1 aromatic heterocycles. The molecule has 0 spiro atoms. The number of thiazole rings is 1. The van der Waals surface area contributed by atoms with E-state index in [1.165, 1.54) is 10.3 Å². The molecule has 8 heteroatoms. The molecule has 1 saturated heterocycles. The molecule has 4 rings (SSSR count). The van der Waals surface area contributed by atoms with Crippen molar-refractivity contribution in [2.45, 2.75) is 6.92 Å². The Morgan fingerprint density at radius 1 is 1.17 bits per heavy atom. The lowest BCUT2D eigenvalue weighted by atomic mass is 10.2. The molecule has 1 aliphatic rings. The Bertz CT molecular complexity index is 988. The smallest absolute Gasteiger partial charge is 0.252 e. The van der Waals surface area contributed by atoms with Crippen LogP contribution in [0.15, 0.2) is 42.5 Å². The predicted molar refractivity (Wildman–Crippen MR) is 132 cm³/mol. The van der Waals surface area contributed by atoms with E-state index >= 15 is 0 Å². The molecule has 29 heavy (non-hydrogen) atoms. The fraction of sp³-hybridized carbons (Fsp3) is 0.333. The molecule has 154 valence electrons. The maximum absolute atomic E-state index is 12.3. The van der Waals surface area contributed by atoms with Crippen LogP contribution in [-0.4, -0.2) is 55.1 Å². The van der Waals surface area contributed by atoms with Gasteiger partial charge < -0.3 is 10.2 Å². The summed E-state index contributed by atoms with van der Waals surface area (Å²) in [5, 5.41) is 4.16. The molecule has 2 aromatic carbocycles. The number of carbonyl (C=O) groups is 1. The van der Waals surface area contributed by atoms with Gasteiger partial charge in [0.2, 0.25) is 0 Å². The second-order valence-corrected chi connectivity index (χ2v) is 9.20. The second-order valence-electron chi connectivity index (χ2n) is 7.03. The van der Waals surface area contributed by atoms with E-state index in [2.05, 4.69) is 62.8 Å². The lowest BCUT2D eigenvalue weighted by Gasteiger charge is -2.34. The van der Waals surface area contributed by atoms with Gasteiger partial charge in [-0.25, -0.2) is 4.98 Å². The minimum absolute atomic E-state index is 0. The summed E-state index contributed by atoms with van der Waals surface area (Å²) in [4.78, 5) is 21.9. The number of fused-ring (bicyclic) bond motifs is 1. The quantitative estimate of drug-likeness (QED) is 0.492. The van der Waals surface area contributed by atoms with Gasteiger partial charge in [0.05, 0.1) is 15.8 Å². The van der Waals surface area contributed by atoms with E-state index in [1.807, 2.05) is 24.3 Å². The number of nitrogens with zero attached hydrogens (tertiary/aromatic N) is 3. The Kier molecular flexibility index (Phi) is 7.72. The third-order valence-corrected chi connectivity index (χ3v) is 7.03. The van der Waals surface area contributed by atoms with Crippen LogP contribution in [0, 0.1) is 10.5 Å². The molecule has 1 amide bonds. The average Bonchev–Trinajstić information content (AvgIpc) is 3.12. The molecule has 0 radical (unpaired) electrons. The molecule has 0 aliphatic carbocycles. The van der Waals surface area contributed by atoms with E-state index in [-0.39, 0.29) is 18.3 Å². The van der Waals surface area contributed by atoms with Crippen molar-refractivity contribution in [2.75, 3.05) is 44.2 Å². The van der Waals surface area contributed by atoms with Gasteiger partial charge in [-0.3, -0.25) is 9.69 Å². The maximum atomic E-state index is 12.3. The van der Waals surface area contributed by atoms with Crippen LogP contribution < -0.4 is 10.2 Å². The zero-order valence-corrected chi connectivity index (χ0v) is 20.0. The Hall–Kier alpha value is -1.42. The molecule has 5 nitrogen and oxygen atoms in total. The summed E-state index contributed by atoms with van der Waals surface area (Å²) < 4.78 is 2.24. The van der Waals surface area contributed by atoms with Crippen LogP contribution in [0.4, 0.5) is 5.13 Å². The van der Waals surface area contributed by atoms with E-state index < -0.39 is 0 Å². The zero-order valence-electron chi connectivity index (χ0n) is 16.2. The molecule has 1 N–H and O–H groups in total. The number of carbonyl (C=O) groups excluding carboxylic acids is 1. The molecular formula is C21H24ClIN4OS. The predicted octanol–water partition coefficient (Wildman–Crippen LogP) is 4.18. The monoisotopic (exact) mass is 542 g/mol. The Morgan fingerprint density at radius 2 is 1.93 bits per heavy atom. The van der Waals surface area contributed by atoms with Crippen molar-refractivity contribution in [2.24, 2.45) is 0 Å². The highest BCUT2D eigenvalue weighted by Gasteiger charge is 2.20. The molecule has 0 saturated carbocycles. The van der Waals surface area contributed by atoms with E-state index in [9.17, 15) is 4.79 Å². The van der Waals surface area contributed by atoms with Crippen molar-refractivity contribution >= 4 is 67.6 Å². The summed E-state index contributed by atoms with van der Waals surface area (Å²) in [5.41, 5.74) is 3.12. The third kappa shape index (κ3) is 5.39. The van der Waals surface area contributed by atoms with Crippen LogP contribution in [0.1, 0.15) is 15.9 Å². The van der Waals surface area contributed by atoms with Gasteiger partial charge in [0.15, 0.2) is 5.13 Å². The third-order valence-electron chi connectivity index (χ3n) is 5.01. The van der Waals surface area contributed by atoms with Gasteiger partial charge >= 0.3 is 0 Å². The Balaban J connectivity index is 0.00000240. The zero-order chi connectivity index (χ0) is 19.5. The number of anilines is 1. The minimum Gasteiger partial charge on any atom is -0.351 e. The molecule has 2 heterocycles. The van der Waals surface area contributed by atoms with Gasteiger partial charge in [-0.05, 0) is 59.3 Å². The van der Waals surface area contributed by atoms with Crippen molar-refractivity contribution in [3.8, 4) is 0 Å². The normalized spacial score (nSPS) is 14.6. The number of amides is 1. The van der Waals surface area contributed by atoms with Crippen LogP contribution in [0.3, 0.4) is 0 Å². The van der Waals surface area contributed by atoms with Gasteiger partial charge in [-0.1, -0.05) is 29.5 Å². The first-order chi connectivity index (χ1) is 13.6. The first kappa shape index (κ1) is 22.3. The second kappa shape index (κ2) is 10.1. The topological polar surface area (TPSA) is 48.5 Å². The number of hydrogen-bond donors (Lipinski definition) is 1. The molecule has 0 unspecified atom stereocenters. The van der Waals surface area contributed by atoms with Crippen molar-refractivity contribution in [1.29, 1.82) is 0 Å². The fourth-order valence-electron chi connectivity index (χ4n) is 3.39. The van der Waals surface area contributed by atoms with Crippen LogP contribution in [0.25, 0.3) is 10.2 Å². The van der Waals surface area contributed by atoms with E-state index in [0.29, 0.717) is 6.54 Å². The highest BCUT2D eigenvalue weighted by molar-refractivity contribution is 14.1. The summed E-state index contributed by atoms with van der Waals surface area (Å²) >= 11 is 3.98. The summed E-state index contributed by atoms with van der Waals surface area (Å²) in [6, 6.07) is 14.1. The summed E-state index contributed by atoms with van der Waals surface area (Å²) in [5.74, 6) is 0.00778. The van der Waals surface area contributed by atoms with Crippen molar-refractivity contribution in [3.63, 3.8) is 0 Å². The maximum Gasteiger partial charge on any atom is 0.252 e. The van der Waals surface area contributed by atoms with Crippen molar-refractivity contribution < 1.29 is 4.79 Å². The number of aromatic nitrogens is 1. The molecule has 3 aromatic rings. The number of rotatable bonds is 5. The van der Waals surface area contributed by atoms with Crippen LogP contribution >= 0.6 is 46.3 Å². The summed E-state index contributed by atoms with van der Waals surface area (Å²) in [6.45, 7) is 7.61. The first-order valence-electron chi connectivity index (χ1n) is 9.47. The van der Waals surface area contributed by atoms with Crippen LogP contribution in [0.2, 0.25) is 0 Å². The highest BCUT2D eigenvalue weighted by atomic mass is 127. The number of aryl methyl sites for hydroxylation is 1. The number of benzene rings is 2. The Labute approximate surface area is 195 Å². The van der Waals surface area contributed by atoms with Gasteiger partial charge in [-0.2, -0.15) is 0 Å². The fourth-order valence-corrected chi connectivity index (χ4v) is 5.13. The molecule has 1 fully saturated rings. The number of halogens is 2. The van der Waals surface area contributed by atoms with E-state index in [1.54, 1.807) is 11.3 Å².